The zero-order valence-corrected chi connectivity index (χ0v) is 11.4. The number of rotatable bonds is 5. The summed E-state index contributed by atoms with van der Waals surface area (Å²) in [6, 6.07) is 3.97. The Labute approximate surface area is 112 Å². The van der Waals surface area contributed by atoms with E-state index in [0.717, 1.165) is 0 Å². The van der Waals surface area contributed by atoms with E-state index in [9.17, 15) is 8.42 Å². The van der Waals surface area contributed by atoms with Gasteiger partial charge in [-0.2, -0.15) is 0 Å². The lowest BCUT2D eigenvalue weighted by atomic mass is 10.3. The highest BCUT2D eigenvalue weighted by molar-refractivity contribution is 7.89. The van der Waals surface area contributed by atoms with Crippen molar-refractivity contribution in [3.05, 3.63) is 18.2 Å². The van der Waals surface area contributed by atoms with Crippen molar-refractivity contribution >= 4 is 10.0 Å². The summed E-state index contributed by atoms with van der Waals surface area (Å²) < 4.78 is 37.4. The third-order valence-corrected chi connectivity index (χ3v) is 4.38. The van der Waals surface area contributed by atoms with Crippen LogP contribution in [0.5, 0.6) is 11.5 Å². The normalized spacial score (nSPS) is 16.1. The molecule has 1 aromatic rings. The third kappa shape index (κ3) is 3.17. The number of fused-ring (bicyclic) bond motifs is 1. The van der Waals surface area contributed by atoms with Crippen molar-refractivity contribution < 1.29 is 23.0 Å². The number of benzene rings is 1. The van der Waals surface area contributed by atoms with Gasteiger partial charge in [-0.1, -0.05) is 6.92 Å². The summed E-state index contributed by atoms with van der Waals surface area (Å²) in [5, 5.41) is 9.06. The van der Waals surface area contributed by atoms with Crippen LogP contribution >= 0.6 is 0 Å². The fraction of sp³-hybridized carbons (Fsp3) is 0.500. The van der Waals surface area contributed by atoms with E-state index in [1.165, 1.54) is 12.1 Å². The molecule has 1 aliphatic rings. The molecule has 0 saturated carbocycles. The Morgan fingerprint density at radius 3 is 2.63 bits per heavy atom. The molecule has 6 nitrogen and oxygen atoms in total. The highest BCUT2D eigenvalue weighted by Crippen LogP contribution is 2.32. The van der Waals surface area contributed by atoms with E-state index in [4.69, 9.17) is 14.6 Å². The third-order valence-electron chi connectivity index (χ3n) is 2.86. The van der Waals surface area contributed by atoms with Crippen molar-refractivity contribution in [3.63, 3.8) is 0 Å². The first-order valence-corrected chi connectivity index (χ1v) is 7.58. The summed E-state index contributed by atoms with van der Waals surface area (Å²) >= 11 is 0. The van der Waals surface area contributed by atoms with Gasteiger partial charge in [0, 0.05) is 12.1 Å². The molecule has 0 spiro atoms. The molecule has 106 valence electrons. The van der Waals surface area contributed by atoms with Gasteiger partial charge >= 0.3 is 0 Å². The van der Waals surface area contributed by atoms with Crippen molar-refractivity contribution in [2.24, 2.45) is 0 Å². The molecule has 19 heavy (non-hydrogen) atoms. The lowest BCUT2D eigenvalue weighted by Gasteiger charge is -2.19. The standard InChI is InChI=1S/C12H17NO5S/c1-2-9(8-14)13-19(15,16)10-3-4-11-12(7-10)18-6-5-17-11/h3-4,7,9,13-14H,2,5-6,8H2,1H3/t9-/m0/s1. The minimum atomic E-state index is -3.66. The number of ether oxygens (including phenoxy) is 2. The van der Waals surface area contributed by atoms with E-state index < -0.39 is 16.1 Å². The lowest BCUT2D eigenvalue weighted by Crippen LogP contribution is -2.36. The summed E-state index contributed by atoms with van der Waals surface area (Å²) in [5.41, 5.74) is 0. The van der Waals surface area contributed by atoms with Crippen molar-refractivity contribution in [1.29, 1.82) is 0 Å². The van der Waals surface area contributed by atoms with Crippen LogP contribution in [0.25, 0.3) is 0 Å². The van der Waals surface area contributed by atoms with E-state index in [2.05, 4.69) is 4.72 Å². The first kappa shape index (κ1) is 14.1. The van der Waals surface area contributed by atoms with Crippen molar-refractivity contribution in [1.82, 2.24) is 4.72 Å². The van der Waals surface area contributed by atoms with Gasteiger partial charge in [-0.3, -0.25) is 0 Å². The Morgan fingerprint density at radius 1 is 1.32 bits per heavy atom. The highest BCUT2D eigenvalue weighted by atomic mass is 32.2. The van der Waals surface area contributed by atoms with Crippen LogP contribution in [0.3, 0.4) is 0 Å². The van der Waals surface area contributed by atoms with Crippen LogP contribution in [0.2, 0.25) is 0 Å². The molecule has 0 saturated heterocycles. The van der Waals surface area contributed by atoms with Crippen LogP contribution in [0, 0.1) is 0 Å². The van der Waals surface area contributed by atoms with Crippen LogP contribution in [0.4, 0.5) is 0 Å². The molecule has 0 bridgehead atoms. The van der Waals surface area contributed by atoms with Crippen LogP contribution in [0.1, 0.15) is 13.3 Å². The Morgan fingerprint density at radius 2 is 2.00 bits per heavy atom. The molecule has 1 aliphatic heterocycles. The maximum atomic E-state index is 12.1. The number of aliphatic hydroxyl groups excluding tert-OH is 1. The fourth-order valence-electron chi connectivity index (χ4n) is 1.73. The monoisotopic (exact) mass is 287 g/mol. The van der Waals surface area contributed by atoms with Crippen molar-refractivity contribution in [2.75, 3.05) is 19.8 Å². The van der Waals surface area contributed by atoms with Gasteiger partial charge in [-0.05, 0) is 18.6 Å². The topological polar surface area (TPSA) is 84.9 Å². The zero-order chi connectivity index (χ0) is 13.9. The Balaban J connectivity index is 2.25. The van der Waals surface area contributed by atoms with Crippen LogP contribution in [-0.2, 0) is 10.0 Å². The Kier molecular flexibility index (Phi) is 4.28. The summed E-state index contributed by atoms with van der Waals surface area (Å²) in [6.45, 7) is 2.42. The molecule has 2 N–H and O–H groups in total. The van der Waals surface area contributed by atoms with Gasteiger partial charge in [0.15, 0.2) is 11.5 Å². The quantitative estimate of drug-likeness (QED) is 0.824. The summed E-state index contributed by atoms with van der Waals surface area (Å²) in [4.78, 5) is 0.101. The van der Waals surface area contributed by atoms with Crippen LogP contribution < -0.4 is 14.2 Å². The van der Waals surface area contributed by atoms with Crippen molar-refractivity contribution in [3.8, 4) is 11.5 Å². The van der Waals surface area contributed by atoms with Gasteiger partial charge < -0.3 is 14.6 Å². The van der Waals surface area contributed by atoms with Gasteiger partial charge in [-0.25, -0.2) is 13.1 Å². The average molecular weight is 287 g/mol. The molecule has 0 aromatic heterocycles. The van der Waals surface area contributed by atoms with Gasteiger partial charge in [-0.15, -0.1) is 0 Å². The number of sulfonamides is 1. The molecular formula is C12H17NO5S. The minimum Gasteiger partial charge on any atom is -0.486 e. The van der Waals surface area contributed by atoms with Gasteiger partial charge in [0.05, 0.1) is 11.5 Å². The highest BCUT2D eigenvalue weighted by Gasteiger charge is 2.21. The molecule has 1 atom stereocenters. The predicted octanol–water partition coefficient (Wildman–Crippen LogP) is 0.507. The zero-order valence-electron chi connectivity index (χ0n) is 10.6. The maximum absolute atomic E-state index is 12.1. The summed E-state index contributed by atoms with van der Waals surface area (Å²) in [7, 11) is -3.66. The number of nitrogens with one attached hydrogen (secondary N) is 1. The molecule has 0 fully saturated rings. The van der Waals surface area contributed by atoms with Crippen LogP contribution in [-0.4, -0.2) is 39.4 Å². The van der Waals surface area contributed by atoms with E-state index in [1.807, 2.05) is 0 Å². The second kappa shape index (κ2) is 5.77. The molecule has 0 aliphatic carbocycles. The molecule has 0 unspecified atom stereocenters. The molecule has 7 heteroatoms. The first-order chi connectivity index (χ1) is 9.06. The summed E-state index contributed by atoms with van der Waals surface area (Å²) in [5.74, 6) is 0.963. The van der Waals surface area contributed by atoms with E-state index in [1.54, 1.807) is 13.0 Å². The van der Waals surface area contributed by atoms with Crippen molar-refractivity contribution in [2.45, 2.75) is 24.3 Å². The molecule has 2 rings (SSSR count). The maximum Gasteiger partial charge on any atom is 0.241 e. The summed E-state index contributed by atoms with van der Waals surface area (Å²) in [6.07, 6.45) is 0.514. The molecule has 0 amide bonds. The number of hydrogen-bond acceptors (Lipinski definition) is 5. The Bertz CT molecular complexity index is 539. The number of hydrogen-bond donors (Lipinski definition) is 2. The van der Waals surface area contributed by atoms with E-state index in [-0.39, 0.29) is 11.5 Å². The first-order valence-electron chi connectivity index (χ1n) is 6.09. The molecule has 0 radical (unpaired) electrons. The lowest BCUT2D eigenvalue weighted by molar-refractivity contribution is 0.171. The fourth-order valence-corrected chi connectivity index (χ4v) is 3.05. The smallest absolute Gasteiger partial charge is 0.241 e. The second-order valence-electron chi connectivity index (χ2n) is 4.21. The SMILES string of the molecule is CC[C@@H](CO)NS(=O)(=O)c1ccc2c(c1)OCCO2. The average Bonchev–Trinajstić information content (AvgIpc) is 2.44. The van der Waals surface area contributed by atoms with Gasteiger partial charge in [0.1, 0.15) is 13.2 Å². The van der Waals surface area contributed by atoms with E-state index in [0.29, 0.717) is 31.1 Å². The second-order valence-corrected chi connectivity index (χ2v) is 5.93. The number of aliphatic hydroxyl groups is 1. The largest absolute Gasteiger partial charge is 0.486 e. The van der Waals surface area contributed by atoms with E-state index >= 15 is 0 Å². The molecular weight excluding hydrogens is 270 g/mol. The predicted molar refractivity (Wildman–Crippen MR) is 68.9 cm³/mol. The van der Waals surface area contributed by atoms with Crippen LogP contribution in [0.15, 0.2) is 23.1 Å². The molecule has 1 heterocycles. The Hall–Kier alpha value is -1.31. The molecule has 1 aromatic carbocycles. The van der Waals surface area contributed by atoms with Gasteiger partial charge in [0.25, 0.3) is 0 Å². The van der Waals surface area contributed by atoms with Gasteiger partial charge in [0.2, 0.25) is 10.0 Å². The minimum absolute atomic E-state index is 0.101.